The van der Waals surface area contributed by atoms with Crippen LogP contribution in [0.1, 0.15) is 0 Å². The normalized spacial score (nSPS) is 10.4. The molecular weight excluding hydrogens is 355 g/mol. The van der Waals surface area contributed by atoms with Crippen LogP contribution in [0.15, 0.2) is 61.2 Å². The molecule has 0 amide bonds. The predicted molar refractivity (Wildman–Crippen MR) is 72.4 cm³/mol. The first-order valence-electron chi connectivity index (χ1n) is 4.53. The third-order valence-electron chi connectivity index (χ3n) is 1.94. The van der Waals surface area contributed by atoms with Crippen LogP contribution in [0.25, 0.3) is 0 Å². The minimum atomic E-state index is -0.206. The van der Waals surface area contributed by atoms with Crippen molar-refractivity contribution in [3.05, 3.63) is 57.2 Å². The van der Waals surface area contributed by atoms with Crippen molar-refractivity contribution in [2.24, 2.45) is 0 Å². The molecule has 0 aromatic heterocycles. The Hall–Kier alpha value is -0.320. The van der Waals surface area contributed by atoms with Gasteiger partial charge in [-0.1, -0.05) is 43.6 Å². The second kappa shape index (κ2) is 5.34. The molecule has 0 saturated carbocycles. The van der Waals surface area contributed by atoms with Crippen LogP contribution >= 0.6 is 43.6 Å². The molecule has 0 aliphatic carbocycles. The molecule has 4 heteroatoms. The van der Waals surface area contributed by atoms with Gasteiger partial charge in [0, 0.05) is 18.7 Å². The first-order chi connectivity index (χ1) is 7.65. The van der Waals surface area contributed by atoms with Crippen LogP contribution in [-0.2, 0) is 0 Å². The summed E-state index contributed by atoms with van der Waals surface area (Å²) < 4.78 is 15.3. The van der Waals surface area contributed by atoms with E-state index in [2.05, 4.69) is 31.9 Å². The number of hydrogen-bond donors (Lipinski definition) is 0. The van der Waals surface area contributed by atoms with Crippen LogP contribution in [0.2, 0.25) is 0 Å². The molecule has 0 nitrogen and oxygen atoms in total. The molecule has 0 aliphatic heterocycles. The van der Waals surface area contributed by atoms with E-state index in [1.807, 2.05) is 30.3 Å². The summed E-state index contributed by atoms with van der Waals surface area (Å²) in [6.45, 7) is 0. The lowest BCUT2D eigenvalue weighted by Crippen LogP contribution is -1.80. The number of benzene rings is 2. The summed E-state index contributed by atoms with van der Waals surface area (Å²) in [6.07, 6.45) is 0. The molecule has 16 heavy (non-hydrogen) atoms. The van der Waals surface area contributed by atoms with Crippen molar-refractivity contribution in [2.45, 2.75) is 9.79 Å². The quantitative estimate of drug-likeness (QED) is 0.680. The van der Waals surface area contributed by atoms with Crippen molar-refractivity contribution in [1.29, 1.82) is 0 Å². The van der Waals surface area contributed by atoms with Crippen LogP contribution in [0.4, 0.5) is 4.39 Å². The van der Waals surface area contributed by atoms with E-state index in [9.17, 15) is 4.39 Å². The molecular formula is C12H7Br2FS. The van der Waals surface area contributed by atoms with Crippen molar-refractivity contribution < 1.29 is 4.39 Å². The van der Waals surface area contributed by atoms with Crippen LogP contribution in [0.3, 0.4) is 0 Å². The fourth-order valence-corrected chi connectivity index (χ4v) is 2.60. The summed E-state index contributed by atoms with van der Waals surface area (Å²) in [6, 6.07) is 12.9. The fourth-order valence-electron chi connectivity index (χ4n) is 1.19. The number of halogens is 3. The number of hydrogen-bond acceptors (Lipinski definition) is 1. The SMILES string of the molecule is Fc1cc(Br)ccc1Sc1ccc(Br)cc1. The highest BCUT2D eigenvalue weighted by molar-refractivity contribution is 9.10. The molecule has 0 heterocycles. The van der Waals surface area contributed by atoms with Crippen LogP contribution in [-0.4, -0.2) is 0 Å². The van der Waals surface area contributed by atoms with Gasteiger partial charge in [-0.05, 0) is 42.5 Å². The molecule has 0 saturated heterocycles. The molecule has 0 bridgehead atoms. The minimum absolute atomic E-state index is 0.206. The van der Waals surface area contributed by atoms with E-state index in [4.69, 9.17) is 0 Å². The summed E-state index contributed by atoms with van der Waals surface area (Å²) in [7, 11) is 0. The van der Waals surface area contributed by atoms with Gasteiger partial charge in [0.25, 0.3) is 0 Å². The van der Waals surface area contributed by atoms with E-state index in [1.165, 1.54) is 17.8 Å². The van der Waals surface area contributed by atoms with Crippen LogP contribution < -0.4 is 0 Å². The van der Waals surface area contributed by atoms with Crippen LogP contribution in [0, 0.1) is 5.82 Å². The monoisotopic (exact) mass is 360 g/mol. The fraction of sp³-hybridized carbons (Fsp3) is 0. The van der Waals surface area contributed by atoms with E-state index >= 15 is 0 Å². The van der Waals surface area contributed by atoms with Gasteiger partial charge in [-0.25, -0.2) is 4.39 Å². The molecule has 0 fully saturated rings. The highest BCUT2D eigenvalue weighted by atomic mass is 79.9. The van der Waals surface area contributed by atoms with Crippen molar-refractivity contribution >= 4 is 43.6 Å². The Balaban J connectivity index is 2.23. The Labute approximate surface area is 115 Å². The molecule has 82 valence electrons. The molecule has 0 aliphatic rings. The number of rotatable bonds is 2. The topological polar surface area (TPSA) is 0 Å². The van der Waals surface area contributed by atoms with Crippen molar-refractivity contribution in [3.8, 4) is 0 Å². The second-order valence-electron chi connectivity index (χ2n) is 3.13. The lowest BCUT2D eigenvalue weighted by Gasteiger charge is -2.03. The summed E-state index contributed by atoms with van der Waals surface area (Å²) in [5, 5.41) is 0. The van der Waals surface area contributed by atoms with Gasteiger partial charge < -0.3 is 0 Å². The van der Waals surface area contributed by atoms with Gasteiger partial charge >= 0.3 is 0 Å². The summed E-state index contributed by atoms with van der Waals surface area (Å²) in [5.74, 6) is -0.206. The average molecular weight is 362 g/mol. The van der Waals surface area contributed by atoms with Gasteiger partial charge in [0.15, 0.2) is 0 Å². The predicted octanol–water partition coefficient (Wildman–Crippen LogP) is 5.50. The summed E-state index contributed by atoms with van der Waals surface area (Å²) in [5.41, 5.74) is 0. The average Bonchev–Trinajstić information content (AvgIpc) is 2.25. The van der Waals surface area contributed by atoms with Gasteiger partial charge in [-0.2, -0.15) is 0 Å². The zero-order valence-electron chi connectivity index (χ0n) is 8.08. The minimum Gasteiger partial charge on any atom is -0.206 e. The lowest BCUT2D eigenvalue weighted by atomic mass is 10.3. The van der Waals surface area contributed by atoms with E-state index in [-0.39, 0.29) is 5.82 Å². The van der Waals surface area contributed by atoms with Crippen LogP contribution in [0.5, 0.6) is 0 Å². The third kappa shape index (κ3) is 3.09. The Morgan fingerprint density at radius 3 is 2.12 bits per heavy atom. The first kappa shape index (κ1) is 12.1. The molecule has 0 N–H and O–H groups in total. The van der Waals surface area contributed by atoms with E-state index < -0.39 is 0 Å². The van der Waals surface area contributed by atoms with Gasteiger partial charge in [0.1, 0.15) is 5.82 Å². The smallest absolute Gasteiger partial charge is 0.138 e. The van der Waals surface area contributed by atoms with Gasteiger partial charge in [-0.15, -0.1) is 0 Å². The Morgan fingerprint density at radius 2 is 1.50 bits per heavy atom. The molecule has 0 atom stereocenters. The maximum absolute atomic E-state index is 13.6. The Bertz CT molecular complexity index is 497. The summed E-state index contributed by atoms with van der Waals surface area (Å²) in [4.78, 5) is 1.65. The van der Waals surface area contributed by atoms with Gasteiger partial charge in [0.2, 0.25) is 0 Å². The largest absolute Gasteiger partial charge is 0.206 e. The zero-order valence-corrected chi connectivity index (χ0v) is 12.1. The van der Waals surface area contributed by atoms with Crippen molar-refractivity contribution in [2.75, 3.05) is 0 Å². The molecule has 0 unspecified atom stereocenters. The molecule has 2 rings (SSSR count). The Kier molecular flexibility index (Phi) is 4.05. The zero-order chi connectivity index (χ0) is 11.5. The molecule has 2 aromatic carbocycles. The maximum atomic E-state index is 13.6. The Morgan fingerprint density at radius 1 is 0.875 bits per heavy atom. The maximum Gasteiger partial charge on any atom is 0.138 e. The highest BCUT2D eigenvalue weighted by Crippen LogP contribution is 2.31. The lowest BCUT2D eigenvalue weighted by molar-refractivity contribution is 0.601. The van der Waals surface area contributed by atoms with E-state index in [0.29, 0.717) is 4.90 Å². The van der Waals surface area contributed by atoms with Gasteiger partial charge in [0.05, 0.1) is 0 Å². The highest BCUT2D eigenvalue weighted by Gasteiger charge is 2.04. The summed E-state index contributed by atoms with van der Waals surface area (Å²) >= 11 is 8.02. The van der Waals surface area contributed by atoms with E-state index in [0.717, 1.165) is 13.8 Å². The molecule has 0 spiro atoms. The van der Waals surface area contributed by atoms with Crippen molar-refractivity contribution in [1.82, 2.24) is 0 Å². The van der Waals surface area contributed by atoms with E-state index in [1.54, 1.807) is 6.07 Å². The molecule has 0 radical (unpaired) electrons. The molecule has 2 aromatic rings. The first-order valence-corrected chi connectivity index (χ1v) is 6.94. The van der Waals surface area contributed by atoms with Gasteiger partial charge in [-0.3, -0.25) is 0 Å². The third-order valence-corrected chi connectivity index (χ3v) is 4.02. The second-order valence-corrected chi connectivity index (χ2v) is 6.08. The standard InChI is InChI=1S/C12H7Br2FS/c13-8-1-4-10(5-2-8)16-12-6-3-9(14)7-11(12)15/h1-7H. The van der Waals surface area contributed by atoms with Crippen molar-refractivity contribution in [3.63, 3.8) is 0 Å².